The highest BCUT2D eigenvalue weighted by molar-refractivity contribution is 6.34. The molecule has 106 valence electrons. The van der Waals surface area contributed by atoms with Gasteiger partial charge in [0.2, 0.25) is 0 Å². The molecule has 1 aromatic carbocycles. The zero-order chi connectivity index (χ0) is 14.8. The average molecular weight is 302 g/mol. The Labute approximate surface area is 126 Å². The zero-order valence-electron chi connectivity index (χ0n) is 11.3. The number of aromatic nitrogens is 2. The van der Waals surface area contributed by atoms with Crippen molar-refractivity contribution in [3.8, 4) is 0 Å². The number of carbonyl (C=O) groups is 1. The largest absolute Gasteiger partial charge is 0.441 e. The number of carbonyl (C=O) groups excluding carboxylic acids is 1. The summed E-state index contributed by atoms with van der Waals surface area (Å²) in [6.07, 6.45) is 3.69. The molecule has 3 rings (SSSR count). The summed E-state index contributed by atoms with van der Waals surface area (Å²) in [6, 6.07) is 6.88. The zero-order valence-corrected chi connectivity index (χ0v) is 12.0. The molecule has 0 spiro atoms. The van der Waals surface area contributed by atoms with Crippen LogP contribution in [0, 0.1) is 0 Å². The second-order valence-corrected chi connectivity index (χ2v) is 4.86. The molecular weight excluding hydrogens is 290 g/mol. The second kappa shape index (κ2) is 5.54. The monoisotopic (exact) mass is 301 g/mol. The number of benzene rings is 1. The summed E-state index contributed by atoms with van der Waals surface area (Å²) in [4.78, 5) is 20.4. The Morgan fingerprint density at radius 3 is 3.00 bits per heavy atom. The van der Waals surface area contributed by atoms with E-state index < -0.39 is 0 Å². The molecule has 21 heavy (non-hydrogen) atoms. The third-order valence-corrected chi connectivity index (χ3v) is 3.33. The number of pyridine rings is 1. The fraction of sp³-hybridized carbons (Fsp3) is 0.133. The number of anilines is 1. The quantitative estimate of drug-likeness (QED) is 0.801. The number of halogens is 1. The van der Waals surface area contributed by atoms with Gasteiger partial charge in [-0.2, -0.15) is 0 Å². The molecule has 0 saturated heterocycles. The number of aryl methyl sites for hydroxylation is 1. The molecule has 0 atom stereocenters. The highest BCUT2D eigenvalue weighted by Gasteiger charge is 2.11. The molecule has 3 aromatic rings. The summed E-state index contributed by atoms with van der Waals surface area (Å²) in [5.41, 5.74) is 2.36. The predicted octanol–water partition coefficient (Wildman–Crippen LogP) is 3.69. The number of amides is 1. The van der Waals surface area contributed by atoms with Crippen LogP contribution < -0.4 is 5.32 Å². The molecule has 0 radical (unpaired) electrons. The van der Waals surface area contributed by atoms with Gasteiger partial charge in [0.1, 0.15) is 5.52 Å². The maximum absolute atomic E-state index is 12.2. The molecule has 0 unspecified atom stereocenters. The summed E-state index contributed by atoms with van der Waals surface area (Å²) < 4.78 is 5.53. The van der Waals surface area contributed by atoms with E-state index in [0.717, 1.165) is 6.42 Å². The molecule has 0 aliphatic rings. The lowest BCUT2D eigenvalue weighted by Crippen LogP contribution is -2.12. The summed E-state index contributed by atoms with van der Waals surface area (Å²) in [5, 5.41) is 3.13. The number of hydrogen-bond donors (Lipinski definition) is 1. The second-order valence-electron chi connectivity index (χ2n) is 4.45. The van der Waals surface area contributed by atoms with E-state index in [0.29, 0.717) is 33.3 Å². The van der Waals surface area contributed by atoms with Gasteiger partial charge in [-0.3, -0.25) is 9.78 Å². The average Bonchev–Trinajstić information content (AvgIpc) is 2.90. The van der Waals surface area contributed by atoms with Crippen molar-refractivity contribution in [2.75, 3.05) is 5.32 Å². The first kappa shape index (κ1) is 13.6. The molecule has 5 nitrogen and oxygen atoms in total. The van der Waals surface area contributed by atoms with Crippen LogP contribution in [0.25, 0.3) is 11.1 Å². The van der Waals surface area contributed by atoms with Gasteiger partial charge in [0.25, 0.3) is 5.91 Å². The van der Waals surface area contributed by atoms with Crippen LogP contribution in [0.4, 0.5) is 5.69 Å². The van der Waals surface area contributed by atoms with Gasteiger partial charge in [-0.15, -0.1) is 0 Å². The number of nitrogens with zero attached hydrogens (tertiary/aromatic N) is 2. The highest BCUT2D eigenvalue weighted by atomic mass is 35.5. The van der Waals surface area contributed by atoms with Crippen molar-refractivity contribution in [1.29, 1.82) is 0 Å². The fourth-order valence-corrected chi connectivity index (χ4v) is 2.14. The molecule has 1 amide bonds. The van der Waals surface area contributed by atoms with Gasteiger partial charge in [0, 0.05) is 24.5 Å². The normalized spacial score (nSPS) is 10.8. The number of hydrogen-bond acceptors (Lipinski definition) is 4. The van der Waals surface area contributed by atoms with E-state index >= 15 is 0 Å². The van der Waals surface area contributed by atoms with Gasteiger partial charge < -0.3 is 9.73 Å². The third kappa shape index (κ3) is 2.73. The first-order valence-electron chi connectivity index (χ1n) is 6.47. The molecule has 0 aliphatic heterocycles. The van der Waals surface area contributed by atoms with E-state index in [9.17, 15) is 4.79 Å². The minimum atomic E-state index is -0.313. The van der Waals surface area contributed by atoms with Crippen LogP contribution >= 0.6 is 11.6 Å². The van der Waals surface area contributed by atoms with Crippen LogP contribution in [0.15, 0.2) is 41.1 Å². The Morgan fingerprint density at radius 2 is 2.24 bits per heavy atom. The molecular formula is C15H12ClN3O2. The highest BCUT2D eigenvalue weighted by Crippen LogP contribution is 2.21. The predicted molar refractivity (Wildman–Crippen MR) is 80.6 cm³/mol. The van der Waals surface area contributed by atoms with Crippen LogP contribution in [0.1, 0.15) is 23.2 Å². The Kier molecular flexibility index (Phi) is 3.58. The van der Waals surface area contributed by atoms with Gasteiger partial charge in [-0.1, -0.05) is 18.5 Å². The van der Waals surface area contributed by atoms with Crippen molar-refractivity contribution in [2.24, 2.45) is 0 Å². The van der Waals surface area contributed by atoms with Crippen LogP contribution in [0.3, 0.4) is 0 Å². The SMILES string of the molecule is CCc1nc2cc(NC(=O)c3cnccc3Cl)ccc2o1. The number of rotatable bonds is 3. The molecule has 0 fully saturated rings. The van der Waals surface area contributed by atoms with Crippen molar-refractivity contribution in [1.82, 2.24) is 9.97 Å². The maximum Gasteiger partial charge on any atom is 0.258 e. The summed E-state index contributed by atoms with van der Waals surface area (Å²) in [6.45, 7) is 1.97. The Morgan fingerprint density at radius 1 is 1.38 bits per heavy atom. The van der Waals surface area contributed by atoms with Crippen molar-refractivity contribution >= 4 is 34.3 Å². The Bertz CT molecular complexity index is 814. The Balaban J connectivity index is 1.87. The molecule has 2 heterocycles. The van der Waals surface area contributed by atoms with Crippen LogP contribution in [-0.4, -0.2) is 15.9 Å². The molecule has 2 aromatic heterocycles. The third-order valence-electron chi connectivity index (χ3n) is 3.00. The van der Waals surface area contributed by atoms with Gasteiger partial charge in [-0.25, -0.2) is 4.98 Å². The van der Waals surface area contributed by atoms with E-state index in [2.05, 4.69) is 15.3 Å². The van der Waals surface area contributed by atoms with Crippen LogP contribution in [-0.2, 0) is 6.42 Å². The van der Waals surface area contributed by atoms with E-state index in [-0.39, 0.29) is 5.91 Å². The topological polar surface area (TPSA) is 68.0 Å². The van der Waals surface area contributed by atoms with Gasteiger partial charge in [0.05, 0.1) is 10.6 Å². The minimum absolute atomic E-state index is 0.313. The van der Waals surface area contributed by atoms with Crippen LogP contribution in [0.2, 0.25) is 5.02 Å². The first-order valence-corrected chi connectivity index (χ1v) is 6.85. The molecule has 0 bridgehead atoms. The van der Waals surface area contributed by atoms with E-state index in [4.69, 9.17) is 16.0 Å². The smallest absolute Gasteiger partial charge is 0.258 e. The van der Waals surface area contributed by atoms with E-state index in [1.807, 2.05) is 6.92 Å². The minimum Gasteiger partial charge on any atom is -0.441 e. The van der Waals surface area contributed by atoms with Crippen molar-refractivity contribution in [3.63, 3.8) is 0 Å². The Hall–Kier alpha value is -2.40. The van der Waals surface area contributed by atoms with Gasteiger partial charge in [-0.05, 0) is 24.3 Å². The van der Waals surface area contributed by atoms with Crippen molar-refractivity contribution in [2.45, 2.75) is 13.3 Å². The number of nitrogens with one attached hydrogen (secondary N) is 1. The van der Waals surface area contributed by atoms with Crippen molar-refractivity contribution in [3.05, 3.63) is 53.1 Å². The van der Waals surface area contributed by atoms with E-state index in [1.54, 1.807) is 24.3 Å². The molecule has 0 saturated carbocycles. The van der Waals surface area contributed by atoms with Gasteiger partial charge in [0.15, 0.2) is 11.5 Å². The maximum atomic E-state index is 12.2. The summed E-state index contributed by atoms with van der Waals surface area (Å²) in [5.74, 6) is 0.357. The molecule has 6 heteroatoms. The fourth-order valence-electron chi connectivity index (χ4n) is 1.95. The lowest BCUT2D eigenvalue weighted by atomic mass is 10.2. The number of fused-ring (bicyclic) bond motifs is 1. The van der Waals surface area contributed by atoms with Gasteiger partial charge >= 0.3 is 0 Å². The molecule has 1 N–H and O–H groups in total. The lowest BCUT2D eigenvalue weighted by molar-refractivity contribution is 0.102. The standard InChI is InChI=1S/C15H12ClN3O2/c1-2-14-19-12-7-9(3-4-13(12)21-14)18-15(20)10-8-17-6-5-11(10)16/h3-8H,2H2,1H3,(H,18,20). The first-order chi connectivity index (χ1) is 10.2. The van der Waals surface area contributed by atoms with E-state index in [1.165, 1.54) is 12.4 Å². The van der Waals surface area contributed by atoms with Crippen LogP contribution in [0.5, 0.6) is 0 Å². The number of oxazole rings is 1. The van der Waals surface area contributed by atoms with Crippen molar-refractivity contribution < 1.29 is 9.21 Å². The molecule has 0 aliphatic carbocycles. The summed E-state index contributed by atoms with van der Waals surface area (Å²) in [7, 11) is 0. The lowest BCUT2D eigenvalue weighted by Gasteiger charge is -2.05. The summed E-state index contributed by atoms with van der Waals surface area (Å²) >= 11 is 5.97.